The van der Waals surface area contributed by atoms with Crippen LogP contribution in [-0.2, 0) is 24.1 Å². The fraction of sp³-hybridized carbons (Fsp3) is 0.706. The van der Waals surface area contributed by atoms with Crippen molar-refractivity contribution in [1.82, 2.24) is 15.6 Å². The Morgan fingerprint density at radius 1 is 1.17 bits per heavy atom. The second-order valence-corrected chi connectivity index (χ2v) is 7.89. The number of urea groups is 1. The number of nitrogens with one attached hydrogen (secondary N) is 2. The van der Waals surface area contributed by atoms with Gasteiger partial charge in [0.05, 0.1) is 16.6 Å². The molecule has 0 atom stereocenters. The Hall–Kier alpha value is -1.63. The highest BCUT2D eigenvalue weighted by Gasteiger charge is 2.26. The highest BCUT2D eigenvalue weighted by Crippen LogP contribution is 2.27. The van der Waals surface area contributed by atoms with Crippen molar-refractivity contribution >= 4 is 23.3 Å². The van der Waals surface area contributed by atoms with Crippen LogP contribution in [0.15, 0.2) is 0 Å². The summed E-state index contributed by atoms with van der Waals surface area (Å²) in [6, 6.07) is -0.0668. The molecule has 1 aromatic heterocycles. The molecule has 2 aliphatic carbocycles. The topological polar surface area (TPSA) is 91.3 Å². The molecule has 0 radical (unpaired) electrons. The molecular formula is C17H25N3O3S. The van der Waals surface area contributed by atoms with Gasteiger partial charge in [0.25, 0.3) is 0 Å². The summed E-state index contributed by atoms with van der Waals surface area (Å²) in [5, 5.41) is 15.9. The van der Waals surface area contributed by atoms with E-state index in [9.17, 15) is 9.59 Å². The van der Waals surface area contributed by atoms with E-state index >= 15 is 0 Å². The van der Waals surface area contributed by atoms with Crippen LogP contribution in [0.3, 0.4) is 0 Å². The van der Waals surface area contributed by atoms with Crippen molar-refractivity contribution in [3.05, 3.63) is 15.6 Å². The van der Waals surface area contributed by atoms with Gasteiger partial charge in [-0.1, -0.05) is 0 Å². The van der Waals surface area contributed by atoms with Gasteiger partial charge in [0.15, 0.2) is 0 Å². The number of rotatable bonds is 5. The van der Waals surface area contributed by atoms with E-state index in [1.165, 1.54) is 23.4 Å². The van der Waals surface area contributed by atoms with Crippen molar-refractivity contribution < 1.29 is 14.7 Å². The quantitative estimate of drug-likeness (QED) is 0.760. The van der Waals surface area contributed by atoms with E-state index in [1.807, 2.05) is 0 Å². The van der Waals surface area contributed by atoms with E-state index in [-0.39, 0.29) is 18.0 Å². The van der Waals surface area contributed by atoms with Gasteiger partial charge in [-0.3, -0.25) is 4.79 Å². The zero-order valence-electron chi connectivity index (χ0n) is 13.8. The average molecular weight is 351 g/mol. The molecular weight excluding hydrogens is 326 g/mol. The van der Waals surface area contributed by atoms with Crippen molar-refractivity contribution in [1.29, 1.82) is 0 Å². The van der Waals surface area contributed by atoms with Crippen LogP contribution in [0.25, 0.3) is 0 Å². The van der Waals surface area contributed by atoms with Gasteiger partial charge >= 0.3 is 12.0 Å². The minimum atomic E-state index is -0.718. The number of carboxylic acid groups (broad SMARTS) is 1. The maximum atomic E-state index is 12.0. The van der Waals surface area contributed by atoms with Crippen LogP contribution in [0.4, 0.5) is 4.79 Å². The summed E-state index contributed by atoms with van der Waals surface area (Å²) in [6.07, 6.45) is 8.29. The third kappa shape index (κ3) is 4.47. The zero-order chi connectivity index (χ0) is 16.9. The maximum absolute atomic E-state index is 12.0. The lowest BCUT2D eigenvalue weighted by Gasteiger charge is -2.26. The lowest BCUT2D eigenvalue weighted by molar-refractivity contribution is -0.142. The standard InChI is InChI=1S/C17H25N3O3S/c21-16(22)11-5-7-12(8-6-11)19-17(23)18-10-9-15-20-13-3-1-2-4-14(13)24-15/h11-12H,1-10H2,(H,21,22)(H2,18,19,23). The number of hydrogen-bond donors (Lipinski definition) is 3. The summed E-state index contributed by atoms with van der Waals surface area (Å²) in [7, 11) is 0. The van der Waals surface area contributed by atoms with Crippen LogP contribution in [0, 0.1) is 5.92 Å². The van der Waals surface area contributed by atoms with E-state index in [0.717, 1.165) is 37.1 Å². The van der Waals surface area contributed by atoms with Gasteiger partial charge in [0.2, 0.25) is 0 Å². The predicted molar refractivity (Wildman–Crippen MR) is 92.4 cm³/mol. The molecule has 6 nitrogen and oxygen atoms in total. The largest absolute Gasteiger partial charge is 0.481 e. The summed E-state index contributed by atoms with van der Waals surface area (Å²) >= 11 is 1.79. The molecule has 1 fully saturated rings. The Balaban J connectivity index is 1.35. The number of thiazole rings is 1. The first-order valence-corrected chi connectivity index (χ1v) is 9.68. The fourth-order valence-corrected chi connectivity index (χ4v) is 4.67. The molecule has 1 aromatic rings. The lowest BCUT2D eigenvalue weighted by Crippen LogP contribution is -2.44. The highest BCUT2D eigenvalue weighted by molar-refractivity contribution is 7.11. The number of nitrogens with zero attached hydrogens (tertiary/aromatic N) is 1. The molecule has 0 aliphatic heterocycles. The van der Waals surface area contributed by atoms with E-state index < -0.39 is 5.97 Å². The molecule has 1 saturated carbocycles. The molecule has 24 heavy (non-hydrogen) atoms. The summed E-state index contributed by atoms with van der Waals surface area (Å²) in [4.78, 5) is 29.0. The highest BCUT2D eigenvalue weighted by atomic mass is 32.1. The number of carbonyl (C=O) groups excluding carboxylic acids is 1. The van der Waals surface area contributed by atoms with Crippen molar-refractivity contribution in [2.24, 2.45) is 5.92 Å². The maximum Gasteiger partial charge on any atom is 0.315 e. The SMILES string of the molecule is O=C(NCCc1nc2c(s1)CCCC2)NC1CCC(C(=O)O)CC1. The number of carboxylic acids is 1. The van der Waals surface area contributed by atoms with E-state index in [1.54, 1.807) is 11.3 Å². The van der Waals surface area contributed by atoms with Crippen LogP contribution in [-0.4, -0.2) is 34.7 Å². The number of fused-ring (bicyclic) bond motifs is 1. The van der Waals surface area contributed by atoms with E-state index in [0.29, 0.717) is 19.4 Å². The molecule has 0 saturated heterocycles. The molecule has 2 amide bonds. The summed E-state index contributed by atoms with van der Waals surface area (Å²) < 4.78 is 0. The van der Waals surface area contributed by atoms with Gasteiger partial charge in [-0.15, -0.1) is 11.3 Å². The minimum Gasteiger partial charge on any atom is -0.481 e. The van der Waals surface area contributed by atoms with E-state index in [4.69, 9.17) is 5.11 Å². The van der Waals surface area contributed by atoms with Crippen molar-refractivity contribution in [2.45, 2.75) is 63.8 Å². The van der Waals surface area contributed by atoms with Gasteiger partial charge in [0.1, 0.15) is 0 Å². The van der Waals surface area contributed by atoms with Gasteiger partial charge in [0, 0.05) is 23.9 Å². The molecule has 3 rings (SSSR count). The smallest absolute Gasteiger partial charge is 0.315 e. The molecule has 2 aliphatic rings. The van der Waals surface area contributed by atoms with Gasteiger partial charge in [-0.25, -0.2) is 9.78 Å². The Labute approximate surface area is 146 Å². The number of amides is 2. The molecule has 0 spiro atoms. The van der Waals surface area contributed by atoms with Gasteiger partial charge in [-0.05, 0) is 51.4 Å². The fourth-order valence-electron chi connectivity index (χ4n) is 3.52. The number of aryl methyl sites for hydroxylation is 2. The van der Waals surface area contributed by atoms with Gasteiger partial charge in [-0.2, -0.15) is 0 Å². The molecule has 0 bridgehead atoms. The Morgan fingerprint density at radius 2 is 1.92 bits per heavy atom. The van der Waals surface area contributed by atoms with Crippen LogP contribution >= 0.6 is 11.3 Å². The first kappa shape index (κ1) is 17.2. The number of aromatic nitrogens is 1. The van der Waals surface area contributed by atoms with Crippen LogP contribution in [0.5, 0.6) is 0 Å². The van der Waals surface area contributed by atoms with E-state index in [2.05, 4.69) is 15.6 Å². The molecule has 0 unspecified atom stereocenters. The first-order valence-electron chi connectivity index (χ1n) is 8.86. The first-order chi connectivity index (χ1) is 11.6. The lowest BCUT2D eigenvalue weighted by atomic mass is 9.86. The second-order valence-electron chi connectivity index (χ2n) is 6.72. The summed E-state index contributed by atoms with van der Waals surface area (Å²) in [6.45, 7) is 0.586. The van der Waals surface area contributed by atoms with Crippen molar-refractivity contribution in [3.8, 4) is 0 Å². The molecule has 132 valence electrons. The summed E-state index contributed by atoms with van der Waals surface area (Å²) in [5.74, 6) is -0.967. The molecule has 3 N–H and O–H groups in total. The summed E-state index contributed by atoms with van der Waals surface area (Å²) in [5.41, 5.74) is 1.26. The number of carbonyl (C=O) groups is 2. The second kappa shape index (κ2) is 7.96. The normalized spacial score (nSPS) is 23.3. The molecule has 7 heteroatoms. The third-order valence-electron chi connectivity index (χ3n) is 4.93. The monoisotopic (exact) mass is 351 g/mol. The van der Waals surface area contributed by atoms with Crippen molar-refractivity contribution in [2.75, 3.05) is 6.54 Å². The van der Waals surface area contributed by atoms with Crippen molar-refractivity contribution in [3.63, 3.8) is 0 Å². The zero-order valence-corrected chi connectivity index (χ0v) is 14.7. The van der Waals surface area contributed by atoms with Gasteiger partial charge < -0.3 is 15.7 Å². The van der Waals surface area contributed by atoms with Crippen LogP contribution in [0.2, 0.25) is 0 Å². The Bertz CT molecular complexity index is 570. The molecule has 1 heterocycles. The predicted octanol–water partition coefficient (Wildman–Crippen LogP) is 2.51. The number of aliphatic carboxylic acids is 1. The minimum absolute atomic E-state index is 0.0905. The molecule has 0 aromatic carbocycles. The third-order valence-corrected chi connectivity index (χ3v) is 6.14. The number of hydrogen-bond acceptors (Lipinski definition) is 4. The van der Waals surface area contributed by atoms with Crippen LogP contribution < -0.4 is 10.6 Å². The average Bonchev–Trinajstić information content (AvgIpc) is 2.98. The Kier molecular flexibility index (Phi) is 5.71. The Morgan fingerprint density at radius 3 is 2.62 bits per heavy atom. The van der Waals surface area contributed by atoms with Crippen LogP contribution in [0.1, 0.15) is 54.1 Å².